The van der Waals surface area contributed by atoms with E-state index in [1.54, 1.807) is 35.9 Å². The normalized spacial score (nSPS) is 14.4. The number of hydrogen-bond donors (Lipinski definition) is 2. The first-order valence-electron chi connectivity index (χ1n) is 32.4. The summed E-state index contributed by atoms with van der Waals surface area (Å²) in [5.41, 5.74) is 7.30. The molecule has 25 nitrogen and oxygen atoms in total. The molecule has 96 heavy (non-hydrogen) atoms. The summed E-state index contributed by atoms with van der Waals surface area (Å²) >= 11 is 11.7. The van der Waals surface area contributed by atoms with Crippen LogP contribution < -0.4 is 5.46 Å². The summed E-state index contributed by atoms with van der Waals surface area (Å²) in [5, 5.41) is 20.2. The highest BCUT2D eigenvalue weighted by molar-refractivity contribution is 6.76. The maximum atomic E-state index is 5.99. The number of hydrogen-bond acceptors (Lipinski definition) is 18. The highest BCUT2D eigenvalue weighted by atomic mass is 35.5. The van der Waals surface area contributed by atoms with Crippen LogP contribution in [0.4, 0.5) is 0 Å². The molecule has 0 amide bonds. The van der Waals surface area contributed by atoms with E-state index in [0.29, 0.717) is 43.7 Å². The van der Waals surface area contributed by atoms with E-state index in [1.807, 2.05) is 141 Å². The molecule has 0 aliphatic carbocycles. The van der Waals surface area contributed by atoms with Crippen LogP contribution in [0.15, 0.2) is 112 Å². The number of halogens is 2. The van der Waals surface area contributed by atoms with Crippen LogP contribution in [-0.2, 0) is 53.2 Å². The molecule has 12 heterocycles. The van der Waals surface area contributed by atoms with Crippen molar-refractivity contribution >= 4 is 104 Å². The van der Waals surface area contributed by atoms with Crippen molar-refractivity contribution in [1.82, 2.24) is 88.3 Å². The number of H-pyrrole nitrogens is 2. The molecule has 11 aromatic rings. The van der Waals surface area contributed by atoms with Crippen molar-refractivity contribution in [2.75, 3.05) is 33.0 Å². The number of aromatic amines is 2. The van der Waals surface area contributed by atoms with Crippen LogP contribution >= 0.6 is 23.2 Å². The lowest BCUT2D eigenvalue weighted by molar-refractivity contribution is 0.00578. The lowest BCUT2D eigenvalue weighted by Gasteiger charge is -2.32. The quantitative estimate of drug-likeness (QED) is 0.0323. The van der Waals surface area contributed by atoms with Gasteiger partial charge in [0.05, 0.1) is 45.8 Å². The molecule has 0 spiro atoms. The Hall–Kier alpha value is -6.87. The Bertz CT molecular complexity index is 4160. The van der Waals surface area contributed by atoms with E-state index >= 15 is 0 Å². The van der Waals surface area contributed by atoms with Crippen LogP contribution in [0.3, 0.4) is 0 Å². The first-order chi connectivity index (χ1) is 45.5. The summed E-state index contributed by atoms with van der Waals surface area (Å²) in [6.07, 6.45) is 24.7. The molecule has 2 atom stereocenters. The van der Waals surface area contributed by atoms with Gasteiger partial charge in [-0.25, -0.2) is 49.2 Å². The molecule has 0 bridgehead atoms. The van der Waals surface area contributed by atoms with Crippen LogP contribution in [0, 0.1) is 0 Å². The molecular formula is C65H95BCl2N18O7Si3. The van der Waals surface area contributed by atoms with Crippen molar-refractivity contribution in [2.24, 2.45) is 0 Å². The van der Waals surface area contributed by atoms with Gasteiger partial charge in [0.1, 0.15) is 90.9 Å². The van der Waals surface area contributed by atoms with Crippen molar-refractivity contribution in [3.05, 3.63) is 122 Å². The zero-order chi connectivity index (χ0) is 69.4. The van der Waals surface area contributed by atoms with E-state index in [0.717, 1.165) is 98.0 Å². The topological polar surface area (TPSA) is 263 Å². The summed E-state index contributed by atoms with van der Waals surface area (Å²) in [6, 6.07) is 11.3. The number of aromatic nitrogens is 18. The van der Waals surface area contributed by atoms with Gasteiger partial charge in [-0.3, -0.25) is 5.10 Å². The van der Waals surface area contributed by atoms with Crippen LogP contribution in [0.25, 0.3) is 66.6 Å². The number of rotatable bonds is 24. The summed E-state index contributed by atoms with van der Waals surface area (Å²) in [5.74, 6) is 0. The third-order valence-corrected chi connectivity index (χ3v) is 21.7. The van der Waals surface area contributed by atoms with Gasteiger partial charge in [-0.2, -0.15) is 15.3 Å². The van der Waals surface area contributed by atoms with Crippen molar-refractivity contribution in [2.45, 2.75) is 176 Å². The fourth-order valence-electron chi connectivity index (χ4n) is 9.54. The van der Waals surface area contributed by atoms with Crippen LogP contribution in [0.1, 0.15) is 67.8 Å². The van der Waals surface area contributed by atoms with E-state index in [-0.39, 0.29) is 30.8 Å². The lowest BCUT2D eigenvalue weighted by Crippen LogP contribution is -2.41. The molecule has 516 valence electrons. The van der Waals surface area contributed by atoms with Gasteiger partial charge in [-0.1, -0.05) is 82.1 Å². The van der Waals surface area contributed by atoms with Gasteiger partial charge >= 0.3 is 7.12 Å². The number of nitrogens with zero attached hydrogens (tertiary/aromatic N) is 16. The lowest BCUT2D eigenvalue weighted by atomic mass is 9.82. The SMILES string of the molecule is CCOC(C)n1cc(-c2ncnc3c2ccn3COCC[Si](C)(C)C)cn1.CCOC(C)n1cc(B2OC(C)(C)C(C)(C)O2)cn1.C[Si](C)(C)CCOCn1ccc2c(-c3cn[nH]c3)ncnc21.C[Si](C)(C)CCOCn1ccc2c(Cl)ncnc21.Clc1ncnc2[nH]ccc12. The molecule has 0 radical (unpaired) electrons. The predicted octanol–water partition coefficient (Wildman–Crippen LogP) is 14.0. The maximum absolute atomic E-state index is 5.99. The first-order valence-corrected chi connectivity index (χ1v) is 44.3. The smallest absolute Gasteiger partial charge is 0.399 e. The summed E-state index contributed by atoms with van der Waals surface area (Å²) < 4.78 is 50.0. The van der Waals surface area contributed by atoms with E-state index < -0.39 is 24.2 Å². The minimum Gasteiger partial charge on any atom is -0.399 e. The number of nitrogens with one attached hydrogen (secondary N) is 2. The summed E-state index contributed by atoms with van der Waals surface area (Å²) in [6.45, 7) is 42.4. The van der Waals surface area contributed by atoms with Gasteiger partial charge in [0.2, 0.25) is 0 Å². The Morgan fingerprint density at radius 1 is 0.531 bits per heavy atom. The number of ether oxygens (including phenoxy) is 5. The Morgan fingerprint density at radius 2 is 0.969 bits per heavy atom. The van der Waals surface area contributed by atoms with Gasteiger partial charge in [0.15, 0.2) is 0 Å². The zero-order valence-corrected chi connectivity index (χ0v) is 63.2. The second-order valence-electron chi connectivity index (χ2n) is 27.8. The van der Waals surface area contributed by atoms with Gasteiger partial charge in [0, 0.05) is 134 Å². The number of fused-ring (bicyclic) bond motifs is 4. The molecule has 31 heteroatoms. The molecule has 0 aromatic carbocycles. The van der Waals surface area contributed by atoms with Gasteiger partial charge in [-0.15, -0.1) is 0 Å². The predicted molar refractivity (Wildman–Crippen MR) is 388 cm³/mol. The largest absolute Gasteiger partial charge is 0.498 e. The Balaban J connectivity index is 0.000000157. The average Bonchev–Trinajstić information content (AvgIpc) is 1.64. The second kappa shape index (κ2) is 33.6. The highest BCUT2D eigenvalue weighted by Crippen LogP contribution is 2.37. The molecule has 1 aliphatic heterocycles. The molecule has 2 N–H and O–H groups in total. The van der Waals surface area contributed by atoms with Crippen molar-refractivity contribution in [3.63, 3.8) is 0 Å². The molecule has 1 fully saturated rings. The second-order valence-corrected chi connectivity index (χ2v) is 45.4. The van der Waals surface area contributed by atoms with Crippen molar-refractivity contribution in [1.29, 1.82) is 0 Å². The van der Waals surface area contributed by atoms with Crippen LogP contribution in [-0.4, -0.2) is 164 Å². The van der Waals surface area contributed by atoms with Gasteiger partial charge < -0.3 is 51.7 Å². The van der Waals surface area contributed by atoms with Gasteiger partial charge in [-0.05, 0) is 97.8 Å². The molecule has 12 rings (SSSR count). The van der Waals surface area contributed by atoms with Crippen molar-refractivity contribution in [3.8, 4) is 22.5 Å². The Kier molecular flexibility index (Phi) is 26.2. The van der Waals surface area contributed by atoms with E-state index in [1.165, 1.54) is 24.7 Å². The fourth-order valence-corrected chi connectivity index (χ4v) is 12.2. The molecule has 1 aliphatic rings. The molecule has 11 aromatic heterocycles. The van der Waals surface area contributed by atoms with Crippen LogP contribution in [0.2, 0.25) is 87.4 Å². The highest BCUT2D eigenvalue weighted by Gasteiger charge is 2.52. The molecule has 2 unspecified atom stereocenters. The summed E-state index contributed by atoms with van der Waals surface area (Å²) in [7, 11) is -3.52. The standard InChI is InChI=1S/C19H29N5O2Si.C15H21N5OSi.C13H23BN2O3.C12H18ClN3OSi.C6H4ClN3/c1-6-26-15(2)24-12-16(11-22-24)18-17-7-8-23(19(17)21-13-20-18)14-25-9-10-27(3,4)5;1-22(2,3)7-6-21-11-20-5-4-13-14(12-8-18-19-9-12)16-10-17-15(13)20;1-7-17-10(2)16-9-11(8-15-16)14-18-12(3,4)13(5,6)19-14;1-18(2,3)7-6-17-9-16-5-4-10-11(13)14-8-15-12(10)16;7-5-4-1-2-8-6(4)10-3-9-5/h7-8,11-13,15H,6,9-10,14H2,1-5H3;4-5,8-10H,6-7,11H2,1-3H3,(H,18,19);8-10H,7H2,1-6H3;4-5,8H,6-7,9H2,1-3H3;1-3H,(H,8,9,10). The van der Waals surface area contributed by atoms with E-state index in [2.05, 4.69) is 124 Å². The minimum absolute atomic E-state index is 0.0822. The first kappa shape index (κ1) is 74.9. The Labute approximate surface area is 575 Å². The minimum atomic E-state index is -1.08. The van der Waals surface area contributed by atoms with E-state index in [9.17, 15) is 0 Å². The molecule has 0 saturated carbocycles. The molecular weight excluding hydrogens is 1310 g/mol. The van der Waals surface area contributed by atoms with Crippen molar-refractivity contribution < 1.29 is 33.0 Å². The monoisotopic (exact) mass is 1400 g/mol. The molecule has 1 saturated heterocycles. The van der Waals surface area contributed by atoms with Crippen LogP contribution in [0.5, 0.6) is 0 Å². The van der Waals surface area contributed by atoms with Gasteiger partial charge in [0.25, 0.3) is 0 Å². The fraction of sp³-hybridized carbons (Fsp3) is 0.492. The summed E-state index contributed by atoms with van der Waals surface area (Å²) in [4.78, 5) is 36.6. The Morgan fingerprint density at radius 3 is 1.44 bits per heavy atom. The maximum Gasteiger partial charge on any atom is 0.498 e. The van der Waals surface area contributed by atoms with E-state index in [4.69, 9.17) is 56.2 Å². The third-order valence-electron chi connectivity index (χ3n) is 16.0. The zero-order valence-electron chi connectivity index (χ0n) is 58.7. The third kappa shape index (κ3) is 20.8. The average molecular weight is 1410 g/mol.